The molecule has 2 aliphatic heterocycles. The third-order valence-corrected chi connectivity index (χ3v) is 5.87. The number of rotatable bonds is 3. The van der Waals surface area contributed by atoms with E-state index in [9.17, 15) is 14.0 Å². The maximum atomic E-state index is 13.6. The van der Waals surface area contributed by atoms with E-state index in [2.05, 4.69) is 9.88 Å². The average Bonchev–Trinajstić information content (AvgIpc) is 3.06. The van der Waals surface area contributed by atoms with Gasteiger partial charge in [0.05, 0.1) is 6.54 Å². The number of aromatic nitrogens is 2. The zero-order valence-electron chi connectivity index (χ0n) is 14.8. The molecular formula is C21H20FN3O2. The number of likely N-dealkylation sites (tertiary alicyclic amines) is 1. The third-order valence-electron chi connectivity index (χ3n) is 5.87. The van der Waals surface area contributed by atoms with Crippen LogP contribution in [0.2, 0.25) is 0 Å². The van der Waals surface area contributed by atoms with E-state index in [-0.39, 0.29) is 23.1 Å². The summed E-state index contributed by atoms with van der Waals surface area (Å²) < 4.78 is 15.5. The lowest BCUT2D eigenvalue weighted by Crippen LogP contribution is -2.48. The second-order valence-electron chi connectivity index (χ2n) is 7.71. The van der Waals surface area contributed by atoms with E-state index >= 15 is 0 Å². The summed E-state index contributed by atoms with van der Waals surface area (Å²) >= 11 is 0. The number of fused-ring (bicyclic) bond motifs is 5. The number of aromatic amines is 1. The molecule has 0 aliphatic carbocycles. The number of pyridine rings is 1. The van der Waals surface area contributed by atoms with Crippen molar-refractivity contribution in [3.05, 3.63) is 70.0 Å². The van der Waals surface area contributed by atoms with Gasteiger partial charge in [0.15, 0.2) is 5.78 Å². The van der Waals surface area contributed by atoms with E-state index in [0.717, 1.165) is 30.7 Å². The number of piperidine rings is 1. The molecule has 1 fully saturated rings. The predicted octanol–water partition coefficient (Wildman–Crippen LogP) is 2.77. The summed E-state index contributed by atoms with van der Waals surface area (Å²) in [6, 6.07) is 9.91. The second-order valence-corrected chi connectivity index (χ2v) is 7.71. The first-order valence-corrected chi connectivity index (χ1v) is 9.30. The molecule has 1 N–H and O–H groups in total. The van der Waals surface area contributed by atoms with Gasteiger partial charge in [0, 0.05) is 60.0 Å². The number of nitrogens with one attached hydrogen (secondary N) is 1. The SMILES string of the molecule is O=C(CN1C[C@@H]2C[C@H](C1)c1cccc(=O)n1C2)c1c[nH]c2ccc(F)cc12. The Labute approximate surface area is 155 Å². The zero-order chi connectivity index (χ0) is 18.5. The van der Waals surface area contributed by atoms with Gasteiger partial charge in [0.25, 0.3) is 5.56 Å². The number of carbonyl (C=O) groups excluding carboxylic acids is 1. The van der Waals surface area contributed by atoms with Crippen LogP contribution < -0.4 is 5.56 Å². The molecule has 2 aromatic heterocycles. The summed E-state index contributed by atoms with van der Waals surface area (Å²) in [4.78, 5) is 30.2. The van der Waals surface area contributed by atoms with Gasteiger partial charge in [-0.15, -0.1) is 0 Å². The third kappa shape index (κ3) is 2.80. The Morgan fingerprint density at radius 1 is 1.19 bits per heavy atom. The van der Waals surface area contributed by atoms with Gasteiger partial charge in [-0.3, -0.25) is 14.5 Å². The van der Waals surface area contributed by atoms with Gasteiger partial charge in [0.1, 0.15) is 5.82 Å². The highest BCUT2D eigenvalue weighted by atomic mass is 19.1. The van der Waals surface area contributed by atoms with Gasteiger partial charge in [-0.2, -0.15) is 0 Å². The van der Waals surface area contributed by atoms with E-state index in [4.69, 9.17) is 0 Å². The van der Waals surface area contributed by atoms with Crippen molar-refractivity contribution in [3.63, 3.8) is 0 Å². The summed E-state index contributed by atoms with van der Waals surface area (Å²) in [6.07, 6.45) is 2.73. The van der Waals surface area contributed by atoms with Crippen LogP contribution in [0.4, 0.5) is 4.39 Å². The van der Waals surface area contributed by atoms with E-state index < -0.39 is 0 Å². The second kappa shape index (κ2) is 6.16. The Morgan fingerprint density at radius 2 is 2.07 bits per heavy atom. The first-order valence-electron chi connectivity index (χ1n) is 9.30. The van der Waals surface area contributed by atoms with E-state index in [0.29, 0.717) is 30.0 Å². The first-order chi connectivity index (χ1) is 13.1. The maximum absolute atomic E-state index is 13.6. The lowest BCUT2D eigenvalue weighted by molar-refractivity contribution is 0.0819. The van der Waals surface area contributed by atoms with Gasteiger partial charge in [0.2, 0.25) is 0 Å². The summed E-state index contributed by atoms with van der Waals surface area (Å²) in [5.74, 6) is 0.312. The topological polar surface area (TPSA) is 58.1 Å². The molecule has 5 nitrogen and oxygen atoms in total. The van der Waals surface area contributed by atoms with Crippen LogP contribution in [0, 0.1) is 11.7 Å². The Bertz CT molecular complexity index is 1100. The van der Waals surface area contributed by atoms with Gasteiger partial charge < -0.3 is 9.55 Å². The lowest BCUT2D eigenvalue weighted by Gasteiger charge is -2.42. The number of H-pyrrole nitrogens is 1. The molecular weight excluding hydrogens is 345 g/mol. The van der Waals surface area contributed by atoms with Crippen LogP contribution in [0.5, 0.6) is 0 Å². The van der Waals surface area contributed by atoms with Gasteiger partial charge in [-0.1, -0.05) is 6.07 Å². The van der Waals surface area contributed by atoms with Crippen molar-refractivity contribution in [1.82, 2.24) is 14.5 Å². The van der Waals surface area contributed by atoms with E-state index in [1.807, 2.05) is 16.7 Å². The lowest BCUT2D eigenvalue weighted by atomic mass is 9.83. The smallest absolute Gasteiger partial charge is 0.250 e. The summed E-state index contributed by atoms with van der Waals surface area (Å²) in [5.41, 5.74) is 2.44. The van der Waals surface area contributed by atoms with Crippen molar-refractivity contribution in [1.29, 1.82) is 0 Å². The quantitative estimate of drug-likeness (QED) is 0.726. The summed E-state index contributed by atoms with van der Waals surface area (Å²) in [7, 11) is 0. The Morgan fingerprint density at radius 3 is 2.96 bits per heavy atom. The molecule has 1 aromatic carbocycles. The monoisotopic (exact) mass is 365 g/mol. The maximum Gasteiger partial charge on any atom is 0.250 e. The van der Waals surface area contributed by atoms with E-state index in [1.54, 1.807) is 18.3 Å². The number of Topliss-reactive ketones (excluding diaryl/α,β-unsaturated/α-hetero) is 1. The van der Waals surface area contributed by atoms with Crippen LogP contribution in [-0.2, 0) is 6.54 Å². The van der Waals surface area contributed by atoms with Crippen molar-refractivity contribution in [2.24, 2.45) is 5.92 Å². The zero-order valence-corrected chi connectivity index (χ0v) is 14.8. The molecule has 1 saturated heterocycles. The molecule has 2 atom stereocenters. The highest BCUT2D eigenvalue weighted by molar-refractivity contribution is 6.08. The molecule has 0 saturated carbocycles. The number of hydrogen-bond acceptors (Lipinski definition) is 3. The predicted molar refractivity (Wildman–Crippen MR) is 101 cm³/mol. The number of carbonyl (C=O) groups is 1. The highest BCUT2D eigenvalue weighted by Gasteiger charge is 2.35. The van der Waals surface area contributed by atoms with Crippen LogP contribution in [0.25, 0.3) is 10.9 Å². The highest BCUT2D eigenvalue weighted by Crippen LogP contribution is 2.35. The molecule has 2 aliphatic rings. The van der Waals surface area contributed by atoms with Gasteiger partial charge in [-0.05, 0) is 36.6 Å². The largest absolute Gasteiger partial charge is 0.360 e. The van der Waals surface area contributed by atoms with Crippen molar-refractivity contribution in [3.8, 4) is 0 Å². The fourth-order valence-corrected chi connectivity index (χ4v) is 4.74. The summed E-state index contributed by atoms with van der Waals surface area (Å²) in [5, 5.41) is 0.633. The molecule has 3 aromatic rings. The average molecular weight is 365 g/mol. The molecule has 0 amide bonds. The summed E-state index contributed by atoms with van der Waals surface area (Å²) in [6.45, 7) is 2.60. The minimum absolute atomic E-state index is 0.00252. The molecule has 27 heavy (non-hydrogen) atoms. The van der Waals surface area contributed by atoms with Gasteiger partial charge in [-0.25, -0.2) is 4.39 Å². The molecule has 0 spiro atoms. The van der Waals surface area contributed by atoms with Crippen LogP contribution in [-0.4, -0.2) is 39.9 Å². The van der Waals surface area contributed by atoms with Gasteiger partial charge >= 0.3 is 0 Å². The molecule has 138 valence electrons. The fraction of sp³-hybridized carbons (Fsp3) is 0.333. The van der Waals surface area contributed by atoms with Crippen LogP contribution in [0.15, 0.2) is 47.4 Å². The number of benzene rings is 1. The number of halogens is 1. The van der Waals surface area contributed by atoms with Crippen LogP contribution in [0.1, 0.15) is 28.4 Å². The minimum atomic E-state index is -0.342. The van der Waals surface area contributed by atoms with Crippen molar-refractivity contribution >= 4 is 16.7 Å². The number of nitrogens with zero attached hydrogens (tertiary/aromatic N) is 2. The number of ketones is 1. The fourth-order valence-electron chi connectivity index (χ4n) is 4.74. The normalized spacial score (nSPS) is 22.0. The van der Waals surface area contributed by atoms with E-state index in [1.165, 1.54) is 12.1 Å². The Balaban J connectivity index is 1.38. The van der Waals surface area contributed by atoms with Crippen molar-refractivity contribution in [2.75, 3.05) is 19.6 Å². The molecule has 0 radical (unpaired) electrons. The Hall–Kier alpha value is -2.73. The standard InChI is InChI=1S/C21H20FN3O2/c22-15-4-5-18-16(7-15)17(8-23-18)20(26)12-24-9-13-6-14(11-24)19-2-1-3-21(27)25(19)10-13/h1-5,7-8,13-14,23H,6,9-12H2/t13-,14+/m0/s1. The minimum Gasteiger partial charge on any atom is -0.360 e. The molecule has 4 heterocycles. The van der Waals surface area contributed by atoms with Crippen LogP contribution >= 0.6 is 0 Å². The van der Waals surface area contributed by atoms with Crippen molar-refractivity contribution in [2.45, 2.75) is 18.9 Å². The number of hydrogen-bond donors (Lipinski definition) is 1. The van der Waals surface area contributed by atoms with Crippen LogP contribution in [0.3, 0.4) is 0 Å². The molecule has 5 rings (SSSR count). The Kier molecular flexibility index (Phi) is 3.75. The molecule has 6 heteroatoms. The first kappa shape index (κ1) is 16.4. The molecule has 2 bridgehead atoms. The van der Waals surface area contributed by atoms with Crippen molar-refractivity contribution < 1.29 is 9.18 Å². The molecule has 0 unspecified atom stereocenters.